The summed E-state index contributed by atoms with van der Waals surface area (Å²) in [7, 11) is 0. The monoisotopic (exact) mass is 223 g/mol. The molecule has 0 radical (unpaired) electrons. The molecule has 16 heavy (non-hydrogen) atoms. The Balaban J connectivity index is 1.81. The van der Waals surface area contributed by atoms with Crippen LogP contribution in [0.4, 0.5) is 0 Å². The summed E-state index contributed by atoms with van der Waals surface area (Å²) in [5.74, 6) is 0.931. The maximum atomic E-state index is 9.96. The van der Waals surface area contributed by atoms with E-state index in [2.05, 4.69) is 11.5 Å². The molecule has 1 N–H and O–H groups in total. The summed E-state index contributed by atoms with van der Waals surface area (Å²) in [6.45, 7) is 5.79. The van der Waals surface area contributed by atoms with Crippen molar-refractivity contribution in [3.63, 3.8) is 0 Å². The number of aliphatic hydroxyl groups is 1. The third-order valence-electron chi connectivity index (χ3n) is 4.26. The fraction of sp³-hybridized carbons (Fsp3) is 0.857. The predicted octanol–water partition coefficient (Wildman–Crippen LogP) is 2.58. The second kappa shape index (κ2) is 5.83. The summed E-state index contributed by atoms with van der Waals surface area (Å²) in [6, 6.07) is 0.784. The van der Waals surface area contributed by atoms with Gasteiger partial charge in [0.15, 0.2) is 0 Å². The fourth-order valence-electron chi connectivity index (χ4n) is 3.46. The van der Waals surface area contributed by atoms with E-state index in [9.17, 15) is 5.11 Å². The molecule has 1 aliphatic heterocycles. The Kier molecular flexibility index (Phi) is 4.42. The van der Waals surface area contributed by atoms with Crippen LogP contribution in [-0.4, -0.2) is 35.2 Å². The van der Waals surface area contributed by atoms with Gasteiger partial charge in [0.05, 0.1) is 6.10 Å². The van der Waals surface area contributed by atoms with Crippen LogP contribution >= 0.6 is 0 Å². The van der Waals surface area contributed by atoms with Crippen LogP contribution in [0, 0.1) is 5.92 Å². The van der Waals surface area contributed by atoms with Gasteiger partial charge >= 0.3 is 0 Å². The number of allylic oxidation sites excluding steroid dienone is 1. The van der Waals surface area contributed by atoms with Crippen molar-refractivity contribution in [3.8, 4) is 0 Å². The normalized spacial score (nSPS) is 32.3. The molecule has 2 rings (SSSR count). The number of hydrogen-bond acceptors (Lipinski definition) is 2. The molecular weight excluding hydrogens is 198 g/mol. The molecule has 3 unspecified atom stereocenters. The third kappa shape index (κ3) is 2.86. The van der Waals surface area contributed by atoms with Gasteiger partial charge in [0, 0.05) is 12.6 Å². The number of hydrogen-bond donors (Lipinski definition) is 1. The number of rotatable bonds is 5. The third-order valence-corrected chi connectivity index (χ3v) is 4.26. The Bertz CT molecular complexity index is 229. The van der Waals surface area contributed by atoms with Crippen LogP contribution in [0.1, 0.15) is 44.9 Å². The summed E-state index contributed by atoms with van der Waals surface area (Å²) in [5, 5.41) is 9.96. The maximum Gasteiger partial charge on any atom is 0.0670 e. The Hall–Kier alpha value is -0.340. The van der Waals surface area contributed by atoms with E-state index in [0.29, 0.717) is 0 Å². The van der Waals surface area contributed by atoms with E-state index < -0.39 is 0 Å². The number of likely N-dealkylation sites (tertiary alicyclic amines) is 1. The van der Waals surface area contributed by atoms with Crippen molar-refractivity contribution in [2.24, 2.45) is 5.92 Å². The highest BCUT2D eigenvalue weighted by atomic mass is 16.3. The van der Waals surface area contributed by atoms with Crippen LogP contribution in [0.5, 0.6) is 0 Å². The highest BCUT2D eigenvalue weighted by molar-refractivity contribution is 4.90. The van der Waals surface area contributed by atoms with Crippen molar-refractivity contribution in [3.05, 3.63) is 12.7 Å². The molecule has 0 spiro atoms. The lowest BCUT2D eigenvalue weighted by atomic mass is 9.91. The number of aliphatic hydroxyl groups excluding tert-OH is 1. The Labute approximate surface area is 99.3 Å². The van der Waals surface area contributed by atoms with Crippen LogP contribution in [0.15, 0.2) is 12.7 Å². The van der Waals surface area contributed by atoms with Crippen molar-refractivity contribution in [2.75, 3.05) is 13.1 Å². The molecule has 2 nitrogen and oxygen atoms in total. The topological polar surface area (TPSA) is 23.5 Å². The summed E-state index contributed by atoms with van der Waals surface area (Å²) in [6.07, 6.45) is 10.5. The molecule has 2 fully saturated rings. The van der Waals surface area contributed by atoms with Gasteiger partial charge in [0.2, 0.25) is 0 Å². The van der Waals surface area contributed by atoms with Crippen molar-refractivity contribution in [1.82, 2.24) is 4.90 Å². The minimum absolute atomic E-state index is 0.155. The van der Waals surface area contributed by atoms with E-state index in [1.807, 2.05) is 6.08 Å². The van der Waals surface area contributed by atoms with E-state index in [4.69, 9.17) is 0 Å². The van der Waals surface area contributed by atoms with Gasteiger partial charge in [-0.05, 0) is 51.0 Å². The lowest BCUT2D eigenvalue weighted by molar-refractivity contribution is 0.0480. The smallest absolute Gasteiger partial charge is 0.0670 e. The Morgan fingerprint density at radius 1 is 1.31 bits per heavy atom. The van der Waals surface area contributed by atoms with Gasteiger partial charge in [0.25, 0.3) is 0 Å². The lowest BCUT2D eigenvalue weighted by Crippen LogP contribution is -2.46. The van der Waals surface area contributed by atoms with Crippen molar-refractivity contribution in [2.45, 2.75) is 57.1 Å². The molecule has 3 atom stereocenters. The highest BCUT2D eigenvalue weighted by Gasteiger charge is 2.35. The molecule has 2 aliphatic rings. The first-order chi connectivity index (χ1) is 7.81. The molecule has 1 heterocycles. The predicted molar refractivity (Wildman–Crippen MR) is 67.4 cm³/mol. The SMILES string of the molecule is C=CCCC(O)CN1CCCC2CCCC21. The molecule has 1 aliphatic carbocycles. The van der Waals surface area contributed by atoms with E-state index in [-0.39, 0.29) is 6.10 Å². The van der Waals surface area contributed by atoms with E-state index >= 15 is 0 Å². The molecule has 1 saturated heterocycles. The maximum absolute atomic E-state index is 9.96. The van der Waals surface area contributed by atoms with Crippen molar-refractivity contribution < 1.29 is 5.11 Å². The lowest BCUT2D eigenvalue weighted by Gasteiger charge is -2.38. The molecule has 2 heteroatoms. The van der Waals surface area contributed by atoms with Crippen LogP contribution in [0.3, 0.4) is 0 Å². The standard InChI is InChI=1S/C14H25NO/c1-2-3-8-13(16)11-15-10-5-7-12-6-4-9-14(12)15/h2,12-14,16H,1,3-11H2. The largest absolute Gasteiger partial charge is 0.392 e. The van der Waals surface area contributed by atoms with Crippen LogP contribution < -0.4 is 0 Å². The van der Waals surface area contributed by atoms with Gasteiger partial charge in [-0.3, -0.25) is 4.90 Å². The van der Waals surface area contributed by atoms with E-state index in [0.717, 1.165) is 31.3 Å². The van der Waals surface area contributed by atoms with Gasteiger partial charge in [-0.2, -0.15) is 0 Å². The fourth-order valence-corrected chi connectivity index (χ4v) is 3.46. The first-order valence-corrected chi connectivity index (χ1v) is 6.84. The average Bonchev–Trinajstić information content (AvgIpc) is 2.75. The first kappa shape index (κ1) is 12.1. The summed E-state index contributed by atoms with van der Waals surface area (Å²) >= 11 is 0. The number of piperidine rings is 1. The number of β-amino-alcohol motifs (C(OH)–C–C–N with tert-alkyl or cyclic N) is 1. The Morgan fingerprint density at radius 3 is 2.94 bits per heavy atom. The zero-order valence-corrected chi connectivity index (χ0v) is 10.3. The zero-order chi connectivity index (χ0) is 11.4. The summed E-state index contributed by atoms with van der Waals surface area (Å²) in [4.78, 5) is 2.55. The second-order valence-corrected chi connectivity index (χ2v) is 5.42. The van der Waals surface area contributed by atoms with Crippen LogP contribution in [-0.2, 0) is 0 Å². The minimum atomic E-state index is -0.155. The molecule has 1 saturated carbocycles. The van der Waals surface area contributed by atoms with E-state index in [1.165, 1.54) is 38.6 Å². The highest BCUT2D eigenvalue weighted by Crippen LogP contribution is 2.36. The van der Waals surface area contributed by atoms with Gasteiger partial charge in [-0.15, -0.1) is 6.58 Å². The average molecular weight is 223 g/mol. The first-order valence-electron chi connectivity index (χ1n) is 6.84. The zero-order valence-electron chi connectivity index (χ0n) is 10.3. The van der Waals surface area contributed by atoms with Crippen LogP contribution in [0.2, 0.25) is 0 Å². The second-order valence-electron chi connectivity index (χ2n) is 5.42. The molecule has 92 valence electrons. The van der Waals surface area contributed by atoms with Gasteiger partial charge < -0.3 is 5.11 Å². The minimum Gasteiger partial charge on any atom is -0.392 e. The van der Waals surface area contributed by atoms with Crippen LogP contribution in [0.25, 0.3) is 0 Å². The van der Waals surface area contributed by atoms with Crippen molar-refractivity contribution >= 4 is 0 Å². The molecular formula is C14H25NO. The summed E-state index contributed by atoms with van der Waals surface area (Å²) in [5.41, 5.74) is 0. The molecule has 0 aromatic heterocycles. The summed E-state index contributed by atoms with van der Waals surface area (Å²) < 4.78 is 0. The van der Waals surface area contributed by atoms with Gasteiger partial charge in [0.1, 0.15) is 0 Å². The Morgan fingerprint density at radius 2 is 2.12 bits per heavy atom. The van der Waals surface area contributed by atoms with Gasteiger partial charge in [-0.1, -0.05) is 12.5 Å². The molecule has 0 amide bonds. The molecule has 0 aromatic rings. The number of nitrogens with zero attached hydrogens (tertiary/aromatic N) is 1. The number of fused-ring (bicyclic) bond motifs is 1. The van der Waals surface area contributed by atoms with E-state index in [1.54, 1.807) is 0 Å². The van der Waals surface area contributed by atoms with Crippen molar-refractivity contribution in [1.29, 1.82) is 0 Å². The van der Waals surface area contributed by atoms with Gasteiger partial charge in [-0.25, -0.2) is 0 Å². The quantitative estimate of drug-likeness (QED) is 0.724. The molecule has 0 aromatic carbocycles. The molecule has 0 bridgehead atoms.